The summed E-state index contributed by atoms with van der Waals surface area (Å²) in [5.41, 5.74) is 2.10. The van der Waals surface area contributed by atoms with Crippen molar-refractivity contribution >= 4 is 6.47 Å². The summed E-state index contributed by atoms with van der Waals surface area (Å²) in [7, 11) is 0. The largest absolute Gasteiger partial charge is 0.492 e. The van der Waals surface area contributed by atoms with E-state index in [0.717, 1.165) is 30.9 Å². The minimum Gasteiger partial charge on any atom is -0.492 e. The van der Waals surface area contributed by atoms with E-state index in [9.17, 15) is 4.79 Å². The molecular formula is C18H24N2O4. The first-order valence-corrected chi connectivity index (χ1v) is 8.36. The van der Waals surface area contributed by atoms with Crippen molar-refractivity contribution < 1.29 is 19.1 Å². The number of para-hydroxylation sites is 1. The van der Waals surface area contributed by atoms with Gasteiger partial charge in [0.2, 0.25) is 0 Å². The molecule has 1 saturated heterocycles. The third-order valence-corrected chi connectivity index (χ3v) is 4.65. The van der Waals surface area contributed by atoms with Crippen molar-refractivity contribution in [3.63, 3.8) is 0 Å². The molecule has 130 valence electrons. The summed E-state index contributed by atoms with van der Waals surface area (Å²) < 4.78 is 11.7. The molecule has 0 bridgehead atoms. The van der Waals surface area contributed by atoms with Crippen molar-refractivity contribution in [2.24, 2.45) is 0 Å². The van der Waals surface area contributed by atoms with Gasteiger partial charge in [-0.15, -0.1) is 5.17 Å². The van der Waals surface area contributed by atoms with E-state index in [2.05, 4.69) is 6.92 Å². The molecule has 24 heavy (non-hydrogen) atoms. The van der Waals surface area contributed by atoms with Crippen LogP contribution in [0, 0.1) is 0 Å². The third-order valence-electron chi connectivity index (χ3n) is 4.65. The molecule has 2 unspecified atom stereocenters. The Morgan fingerprint density at radius 2 is 2.08 bits per heavy atom. The fraction of sp³-hybridized carbons (Fsp3) is 0.500. The molecule has 2 aliphatic heterocycles. The van der Waals surface area contributed by atoms with Gasteiger partial charge in [0.1, 0.15) is 12.4 Å². The second-order valence-corrected chi connectivity index (χ2v) is 6.06. The molecule has 2 heterocycles. The Morgan fingerprint density at radius 1 is 1.29 bits per heavy atom. The van der Waals surface area contributed by atoms with E-state index >= 15 is 0 Å². The van der Waals surface area contributed by atoms with Crippen LogP contribution in [0.2, 0.25) is 0 Å². The second-order valence-electron chi connectivity index (χ2n) is 6.06. The number of carbonyl (C=O) groups excluding carboxylic acids is 1. The smallest absolute Gasteiger partial charge is 0.322 e. The number of hydrogen-bond acceptors (Lipinski definition) is 6. The standard InChI is InChI=1S/C18H24N2O4/c1-14-15(2)20(24-13-21)19(18(14)17-9-6-11-23-17)10-12-22-16-7-4-3-5-8-16/h3-5,7-8,13,17-18H,6,9-12H2,1-2H3. The van der Waals surface area contributed by atoms with Crippen LogP contribution in [-0.2, 0) is 14.4 Å². The van der Waals surface area contributed by atoms with Crippen molar-refractivity contribution in [1.29, 1.82) is 0 Å². The number of hydrazine groups is 1. The maximum absolute atomic E-state index is 10.9. The van der Waals surface area contributed by atoms with Crippen LogP contribution in [0.4, 0.5) is 0 Å². The van der Waals surface area contributed by atoms with E-state index in [-0.39, 0.29) is 12.1 Å². The highest BCUT2D eigenvalue weighted by atomic mass is 16.7. The zero-order valence-corrected chi connectivity index (χ0v) is 14.2. The number of hydrogen-bond donors (Lipinski definition) is 0. The van der Waals surface area contributed by atoms with Gasteiger partial charge in [-0.1, -0.05) is 18.2 Å². The van der Waals surface area contributed by atoms with Crippen molar-refractivity contribution in [3.05, 3.63) is 41.6 Å². The van der Waals surface area contributed by atoms with Gasteiger partial charge in [-0.25, -0.2) is 0 Å². The Balaban J connectivity index is 1.69. The summed E-state index contributed by atoms with van der Waals surface area (Å²) in [4.78, 5) is 16.1. The van der Waals surface area contributed by atoms with Gasteiger partial charge in [0.25, 0.3) is 0 Å². The highest BCUT2D eigenvalue weighted by Crippen LogP contribution is 2.34. The fourth-order valence-corrected chi connectivity index (χ4v) is 3.40. The Hall–Kier alpha value is -2.05. The normalized spacial score (nSPS) is 24.5. The average Bonchev–Trinajstić information content (AvgIpc) is 3.19. The Bertz CT molecular complexity index is 584. The predicted octanol–water partition coefficient (Wildman–Crippen LogP) is 2.53. The summed E-state index contributed by atoms with van der Waals surface area (Å²) in [6.45, 7) is 6.37. The molecule has 0 aliphatic carbocycles. The molecule has 1 fully saturated rings. The molecule has 1 aromatic rings. The summed E-state index contributed by atoms with van der Waals surface area (Å²) in [5, 5.41) is 3.60. The molecule has 0 N–H and O–H groups in total. The maximum Gasteiger partial charge on any atom is 0.322 e. The maximum atomic E-state index is 10.9. The zero-order chi connectivity index (χ0) is 16.9. The molecular weight excluding hydrogens is 308 g/mol. The highest BCUT2D eigenvalue weighted by molar-refractivity contribution is 5.37. The molecule has 0 radical (unpaired) electrons. The lowest BCUT2D eigenvalue weighted by molar-refractivity contribution is -0.241. The average molecular weight is 332 g/mol. The van der Waals surface area contributed by atoms with Gasteiger partial charge in [-0.05, 0) is 44.4 Å². The van der Waals surface area contributed by atoms with E-state index in [1.54, 1.807) is 5.17 Å². The van der Waals surface area contributed by atoms with E-state index < -0.39 is 0 Å². The minimum absolute atomic E-state index is 0.0758. The number of allylic oxidation sites excluding steroid dienone is 1. The topological polar surface area (TPSA) is 51.2 Å². The fourth-order valence-electron chi connectivity index (χ4n) is 3.40. The van der Waals surface area contributed by atoms with Crippen LogP contribution in [0.5, 0.6) is 5.75 Å². The van der Waals surface area contributed by atoms with Gasteiger partial charge < -0.3 is 14.3 Å². The van der Waals surface area contributed by atoms with E-state index in [1.807, 2.05) is 42.3 Å². The van der Waals surface area contributed by atoms with Crippen LogP contribution in [0.25, 0.3) is 0 Å². The second kappa shape index (κ2) is 7.68. The summed E-state index contributed by atoms with van der Waals surface area (Å²) >= 11 is 0. The molecule has 1 aromatic carbocycles. The summed E-state index contributed by atoms with van der Waals surface area (Å²) in [6.07, 6.45) is 2.20. The molecule has 0 saturated carbocycles. The van der Waals surface area contributed by atoms with Crippen molar-refractivity contribution in [2.75, 3.05) is 19.8 Å². The first-order valence-electron chi connectivity index (χ1n) is 8.36. The van der Waals surface area contributed by atoms with Crippen LogP contribution in [0.1, 0.15) is 26.7 Å². The monoisotopic (exact) mass is 332 g/mol. The van der Waals surface area contributed by atoms with Crippen LogP contribution in [0.15, 0.2) is 41.6 Å². The lowest BCUT2D eigenvalue weighted by atomic mass is 10.0. The molecule has 3 rings (SSSR count). The number of hydroxylamine groups is 1. The van der Waals surface area contributed by atoms with E-state index in [4.69, 9.17) is 14.3 Å². The number of carbonyl (C=O) groups is 1. The predicted molar refractivity (Wildman–Crippen MR) is 88.8 cm³/mol. The van der Waals surface area contributed by atoms with Gasteiger partial charge in [-0.3, -0.25) is 4.79 Å². The van der Waals surface area contributed by atoms with Gasteiger partial charge in [-0.2, -0.15) is 5.01 Å². The lowest BCUT2D eigenvalue weighted by Crippen LogP contribution is -2.49. The van der Waals surface area contributed by atoms with E-state index in [0.29, 0.717) is 19.6 Å². The molecule has 2 atom stereocenters. The number of ether oxygens (including phenoxy) is 2. The van der Waals surface area contributed by atoms with Crippen LogP contribution in [0.3, 0.4) is 0 Å². The Morgan fingerprint density at radius 3 is 2.75 bits per heavy atom. The van der Waals surface area contributed by atoms with Crippen LogP contribution >= 0.6 is 0 Å². The number of rotatable bonds is 7. The van der Waals surface area contributed by atoms with Crippen LogP contribution in [-0.4, -0.2) is 48.6 Å². The van der Waals surface area contributed by atoms with Crippen molar-refractivity contribution in [3.8, 4) is 5.75 Å². The molecule has 0 aromatic heterocycles. The third kappa shape index (κ3) is 3.39. The van der Waals surface area contributed by atoms with Gasteiger partial charge >= 0.3 is 6.47 Å². The SMILES string of the molecule is CC1=C(C)N(OC=O)N(CCOc2ccccc2)C1C1CCCO1. The quantitative estimate of drug-likeness (QED) is 0.715. The van der Waals surface area contributed by atoms with Gasteiger partial charge in [0.15, 0.2) is 0 Å². The molecule has 6 heteroatoms. The Kier molecular flexibility index (Phi) is 5.37. The number of benzene rings is 1. The molecule has 6 nitrogen and oxygen atoms in total. The first kappa shape index (κ1) is 16.8. The van der Waals surface area contributed by atoms with Crippen LogP contribution < -0.4 is 4.74 Å². The minimum atomic E-state index is 0.0758. The summed E-state index contributed by atoms with van der Waals surface area (Å²) in [6, 6.07) is 9.77. The lowest BCUT2D eigenvalue weighted by Gasteiger charge is -2.34. The summed E-state index contributed by atoms with van der Waals surface area (Å²) in [5.74, 6) is 0.828. The Labute approximate surface area is 142 Å². The molecule has 2 aliphatic rings. The van der Waals surface area contributed by atoms with Gasteiger partial charge in [0, 0.05) is 6.61 Å². The van der Waals surface area contributed by atoms with E-state index in [1.165, 1.54) is 5.57 Å². The molecule has 0 amide bonds. The molecule has 0 spiro atoms. The zero-order valence-electron chi connectivity index (χ0n) is 14.2. The van der Waals surface area contributed by atoms with Crippen molar-refractivity contribution in [2.45, 2.75) is 38.8 Å². The van der Waals surface area contributed by atoms with Gasteiger partial charge in [0.05, 0.1) is 24.4 Å². The van der Waals surface area contributed by atoms with Crippen molar-refractivity contribution in [1.82, 2.24) is 10.2 Å². The first-order chi connectivity index (χ1) is 11.7. The highest BCUT2D eigenvalue weighted by Gasteiger charge is 2.42. The number of nitrogens with zero attached hydrogens (tertiary/aromatic N) is 2.